The Morgan fingerprint density at radius 1 is 1.21 bits per heavy atom. The van der Waals surface area contributed by atoms with E-state index in [9.17, 15) is 4.39 Å². The van der Waals surface area contributed by atoms with Gasteiger partial charge in [-0.1, -0.05) is 24.3 Å². The summed E-state index contributed by atoms with van der Waals surface area (Å²) < 4.78 is 13.4. The normalized spacial score (nSPS) is 10.0. The number of halogens is 1. The SMILES string of the molecule is Cc1ccccc1CN(C)c1cc(F)cc(C#N)c1. The van der Waals surface area contributed by atoms with Gasteiger partial charge in [-0.05, 0) is 36.2 Å². The molecule has 19 heavy (non-hydrogen) atoms. The minimum absolute atomic E-state index is 0.339. The van der Waals surface area contributed by atoms with Crippen molar-refractivity contribution in [2.75, 3.05) is 11.9 Å². The number of hydrogen-bond acceptors (Lipinski definition) is 2. The van der Waals surface area contributed by atoms with Crippen molar-refractivity contribution in [3.63, 3.8) is 0 Å². The Labute approximate surface area is 112 Å². The fraction of sp³-hybridized carbons (Fsp3) is 0.188. The molecule has 0 saturated heterocycles. The van der Waals surface area contributed by atoms with Crippen LogP contribution < -0.4 is 4.90 Å². The first kappa shape index (κ1) is 13.1. The minimum Gasteiger partial charge on any atom is -0.370 e. The van der Waals surface area contributed by atoms with Crippen LogP contribution in [0, 0.1) is 24.1 Å². The highest BCUT2D eigenvalue weighted by atomic mass is 19.1. The van der Waals surface area contributed by atoms with Gasteiger partial charge < -0.3 is 4.90 Å². The van der Waals surface area contributed by atoms with Crippen LogP contribution in [-0.2, 0) is 6.54 Å². The Morgan fingerprint density at radius 3 is 2.63 bits per heavy atom. The molecular formula is C16H15FN2. The van der Waals surface area contributed by atoms with E-state index in [4.69, 9.17) is 5.26 Å². The zero-order valence-electron chi connectivity index (χ0n) is 11.0. The van der Waals surface area contributed by atoms with Crippen LogP contribution in [0.25, 0.3) is 0 Å². The molecule has 2 aromatic rings. The highest BCUT2D eigenvalue weighted by Crippen LogP contribution is 2.20. The molecule has 0 aliphatic rings. The Kier molecular flexibility index (Phi) is 3.82. The zero-order valence-corrected chi connectivity index (χ0v) is 11.0. The van der Waals surface area contributed by atoms with Crippen LogP contribution >= 0.6 is 0 Å². The second-order valence-electron chi connectivity index (χ2n) is 4.59. The van der Waals surface area contributed by atoms with Crippen molar-refractivity contribution in [1.29, 1.82) is 5.26 Å². The van der Waals surface area contributed by atoms with Gasteiger partial charge in [-0.2, -0.15) is 5.26 Å². The molecule has 0 aliphatic heterocycles. The van der Waals surface area contributed by atoms with E-state index in [1.54, 1.807) is 6.07 Å². The highest BCUT2D eigenvalue weighted by molar-refractivity contribution is 5.52. The van der Waals surface area contributed by atoms with Crippen LogP contribution in [0.2, 0.25) is 0 Å². The summed E-state index contributed by atoms with van der Waals surface area (Å²) in [4.78, 5) is 1.94. The molecule has 0 radical (unpaired) electrons. The summed E-state index contributed by atoms with van der Waals surface area (Å²) in [7, 11) is 1.89. The average molecular weight is 254 g/mol. The van der Waals surface area contributed by atoms with E-state index in [-0.39, 0.29) is 5.82 Å². The molecule has 0 spiro atoms. The molecule has 0 amide bonds. The van der Waals surface area contributed by atoms with Crippen LogP contribution in [0.15, 0.2) is 42.5 Å². The van der Waals surface area contributed by atoms with Gasteiger partial charge in [-0.15, -0.1) is 0 Å². The molecule has 0 N–H and O–H groups in total. The van der Waals surface area contributed by atoms with Gasteiger partial charge in [0.15, 0.2) is 0 Å². The maximum atomic E-state index is 13.4. The first-order chi connectivity index (χ1) is 9.10. The van der Waals surface area contributed by atoms with Crippen molar-refractivity contribution in [2.24, 2.45) is 0 Å². The number of anilines is 1. The standard InChI is InChI=1S/C16H15FN2/c1-12-5-3-4-6-14(12)11-19(2)16-8-13(10-18)7-15(17)9-16/h3-9H,11H2,1-2H3. The molecule has 0 heterocycles. The van der Waals surface area contributed by atoms with Crippen molar-refractivity contribution in [3.8, 4) is 6.07 Å². The maximum Gasteiger partial charge on any atom is 0.126 e. The maximum absolute atomic E-state index is 13.4. The summed E-state index contributed by atoms with van der Waals surface area (Å²) in [6.45, 7) is 2.73. The van der Waals surface area contributed by atoms with Gasteiger partial charge in [-0.3, -0.25) is 0 Å². The van der Waals surface area contributed by atoms with Gasteiger partial charge >= 0.3 is 0 Å². The summed E-state index contributed by atoms with van der Waals surface area (Å²) in [5.74, 6) is -0.384. The van der Waals surface area contributed by atoms with Crippen molar-refractivity contribution in [3.05, 3.63) is 65.0 Å². The third kappa shape index (κ3) is 3.11. The first-order valence-electron chi connectivity index (χ1n) is 6.06. The smallest absolute Gasteiger partial charge is 0.126 e. The van der Waals surface area contributed by atoms with Gasteiger partial charge in [0.2, 0.25) is 0 Å². The van der Waals surface area contributed by atoms with Gasteiger partial charge in [0, 0.05) is 19.3 Å². The van der Waals surface area contributed by atoms with Crippen molar-refractivity contribution in [1.82, 2.24) is 0 Å². The number of hydrogen-bond donors (Lipinski definition) is 0. The molecule has 2 aromatic carbocycles. The summed E-state index contributed by atoms with van der Waals surface area (Å²) in [6.07, 6.45) is 0. The van der Waals surface area contributed by atoms with Crippen LogP contribution in [0.4, 0.5) is 10.1 Å². The lowest BCUT2D eigenvalue weighted by atomic mass is 10.1. The molecule has 0 unspecified atom stereocenters. The molecule has 96 valence electrons. The summed E-state index contributed by atoms with van der Waals surface area (Å²) >= 11 is 0. The quantitative estimate of drug-likeness (QED) is 0.836. The molecule has 2 nitrogen and oxygen atoms in total. The lowest BCUT2D eigenvalue weighted by Gasteiger charge is -2.20. The first-order valence-corrected chi connectivity index (χ1v) is 6.06. The fourth-order valence-electron chi connectivity index (χ4n) is 1.99. The van der Waals surface area contributed by atoms with Crippen LogP contribution in [0.1, 0.15) is 16.7 Å². The minimum atomic E-state index is -0.384. The van der Waals surface area contributed by atoms with E-state index < -0.39 is 0 Å². The molecule has 0 aliphatic carbocycles. The molecule has 3 heteroatoms. The summed E-state index contributed by atoms with van der Waals surface area (Å²) in [5.41, 5.74) is 3.44. The molecule has 0 atom stereocenters. The molecule has 2 rings (SSSR count). The van der Waals surface area contributed by atoms with E-state index in [1.807, 2.05) is 30.1 Å². The Balaban J connectivity index is 2.26. The van der Waals surface area contributed by atoms with Crippen LogP contribution in [0.3, 0.4) is 0 Å². The number of aryl methyl sites for hydroxylation is 1. The third-order valence-electron chi connectivity index (χ3n) is 3.12. The van der Waals surface area contributed by atoms with Crippen molar-refractivity contribution < 1.29 is 4.39 Å². The van der Waals surface area contributed by atoms with E-state index in [0.717, 1.165) is 0 Å². The fourth-order valence-corrected chi connectivity index (χ4v) is 1.99. The Bertz CT molecular complexity index is 629. The number of nitrogens with zero attached hydrogens (tertiary/aromatic N) is 2. The van der Waals surface area contributed by atoms with Gasteiger partial charge in [0.05, 0.1) is 11.6 Å². The largest absolute Gasteiger partial charge is 0.370 e. The zero-order chi connectivity index (χ0) is 13.8. The van der Waals surface area contributed by atoms with Gasteiger partial charge in [-0.25, -0.2) is 4.39 Å². The highest BCUT2D eigenvalue weighted by Gasteiger charge is 2.07. The van der Waals surface area contributed by atoms with Crippen molar-refractivity contribution >= 4 is 5.69 Å². The molecular weight excluding hydrogens is 239 g/mol. The average Bonchev–Trinajstić information content (AvgIpc) is 2.40. The van der Waals surface area contributed by atoms with Crippen molar-refractivity contribution in [2.45, 2.75) is 13.5 Å². The third-order valence-corrected chi connectivity index (χ3v) is 3.12. The molecule has 0 saturated carbocycles. The Morgan fingerprint density at radius 2 is 1.95 bits per heavy atom. The van der Waals surface area contributed by atoms with Crippen LogP contribution in [0.5, 0.6) is 0 Å². The summed E-state index contributed by atoms with van der Waals surface area (Å²) in [5, 5.41) is 8.87. The second-order valence-corrected chi connectivity index (χ2v) is 4.59. The monoisotopic (exact) mass is 254 g/mol. The van der Waals surface area contributed by atoms with E-state index in [0.29, 0.717) is 17.8 Å². The summed E-state index contributed by atoms with van der Waals surface area (Å²) in [6, 6.07) is 14.4. The van der Waals surface area contributed by atoms with E-state index in [2.05, 4.69) is 19.1 Å². The van der Waals surface area contributed by atoms with Gasteiger partial charge in [0.25, 0.3) is 0 Å². The van der Waals surface area contributed by atoms with Crippen LogP contribution in [-0.4, -0.2) is 7.05 Å². The molecule has 0 bridgehead atoms. The predicted octanol–water partition coefficient (Wildman–Crippen LogP) is 3.64. The molecule has 0 fully saturated rings. The topological polar surface area (TPSA) is 27.0 Å². The van der Waals surface area contributed by atoms with Gasteiger partial charge in [0.1, 0.15) is 5.82 Å². The molecule has 0 aromatic heterocycles. The lowest BCUT2D eigenvalue weighted by molar-refractivity contribution is 0.626. The Hall–Kier alpha value is -2.34. The predicted molar refractivity (Wildman–Crippen MR) is 74.4 cm³/mol. The van der Waals surface area contributed by atoms with E-state index in [1.165, 1.54) is 23.3 Å². The number of nitriles is 1. The number of rotatable bonds is 3. The lowest BCUT2D eigenvalue weighted by Crippen LogP contribution is -2.17. The second kappa shape index (κ2) is 5.53. The van der Waals surface area contributed by atoms with E-state index >= 15 is 0 Å². The number of benzene rings is 2.